The Morgan fingerprint density at radius 1 is 0.921 bits per heavy atom. The molecule has 0 aromatic heterocycles. The molecule has 2 amide bonds. The molecule has 4 rings (SSSR count). The first-order valence-electron chi connectivity index (χ1n) is 12.4. The highest BCUT2D eigenvalue weighted by molar-refractivity contribution is 7.80. The van der Waals surface area contributed by atoms with Crippen LogP contribution >= 0.6 is 12.2 Å². The number of anilines is 2. The van der Waals surface area contributed by atoms with Crippen LogP contribution in [0.4, 0.5) is 11.4 Å². The minimum Gasteiger partial charge on any atom is -0.494 e. The SMILES string of the molecule is CCOC(=O)c1ccc(N2C(=O)C(CC(=O)Nc3ccc(OCC)cc3)N(Cc3ccccc3)C2=S)cc1. The highest BCUT2D eigenvalue weighted by Crippen LogP contribution is 2.29. The van der Waals surface area contributed by atoms with Crippen LogP contribution in [0, 0.1) is 0 Å². The standard InChI is InChI=1S/C29H29N3O5S/c1-3-36-24-16-12-22(13-17-24)30-26(33)18-25-27(34)32(23-14-10-21(11-15-23)28(35)37-4-2)29(38)31(25)19-20-8-6-5-7-9-20/h5-17,25H,3-4,18-19H2,1-2H3,(H,30,33). The van der Waals surface area contributed by atoms with Gasteiger partial charge in [0.25, 0.3) is 5.91 Å². The molecule has 3 aromatic carbocycles. The molecule has 0 bridgehead atoms. The van der Waals surface area contributed by atoms with Gasteiger partial charge in [-0.05, 0) is 80.2 Å². The van der Waals surface area contributed by atoms with Crippen molar-refractivity contribution < 1.29 is 23.9 Å². The maximum absolute atomic E-state index is 13.7. The number of amides is 2. The number of esters is 1. The molecule has 1 unspecified atom stereocenters. The van der Waals surface area contributed by atoms with Gasteiger partial charge in [0, 0.05) is 12.2 Å². The number of rotatable bonds is 10. The number of benzene rings is 3. The molecule has 3 aromatic rings. The summed E-state index contributed by atoms with van der Waals surface area (Å²) in [6.07, 6.45) is -0.0869. The van der Waals surface area contributed by atoms with Crippen LogP contribution < -0.4 is 15.0 Å². The Labute approximate surface area is 227 Å². The van der Waals surface area contributed by atoms with Crippen LogP contribution in [0.15, 0.2) is 78.9 Å². The molecule has 196 valence electrons. The molecule has 0 aliphatic carbocycles. The van der Waals surface area contributed by atoms with Gasteiger partial charge in [0.2, 0.25) is 5.91 Å². The van der Waals surface area contributed by atoms with Crippen LogP contribution in [-0.4, -0.2) is 47.1 Å². The van der Waals surface area contributed by atoms with Gasteiger partial charge in [-0.2, -0.15) is 0 Å². The van der Waals surface area contributed by atoms with E-state index < -0.39 is 12.0 Å². The zero-order chi connectivity index (χ0) is 27.1. The topological polar surface area (TPSA) is 88.2 Å². The van der Waals surface area contributed by atoms with Gasteiger partial charge >= 0.3 is 5.97 Å². The molecule has 38 heavy (non-hydrogen) atoms. The third-order valence-electron chi connectivity index (χ3n) is 5.98. The van der Waals surface area contributed by atoms with Crippen LogP contribution in [-0.2, 0) is 20.9 Å². The second kappa shape index (κ2) is 12.3. The Balaban J connectivity index is 1.55. The van der Waals surface area contributed by atoms with E-state index in [9.17, 15) is 14.4 Å². The Hall–Kier alpha value is -4.24. The molecule has 1 atom stereocenters. The van der Waals surface area contributed by atoms with Gasteiger partial charge in [-0.1, -0.05) is 30.3 Å². The van der Waals surface area contributed by atoms with E-state index in [-0.39, 0.29) is 24.8 Å². The maximum Gasteiger partial charge on any atom is 0.338 e. The number of thiocarbonyl (C=S) groups is 1. The van der Waals surface area contributed by atoms with E-state index in [0.717, 1.165) is 5.56 Å². The molecule has 1 saturated heterocycles. The van der Waals surface area contributed by atoms with E-state index in [1.165, 1.54) is 4.90 Å². The van der Waals surface area contributed by atoms with Crippen molar-refractivity contribution in [3.8, 4) is 5.75 Å². The van der Waals surface area contributed by atoms with Crippen molar-refractivity contribution in [1.82, 2.24) is 4.90 Å². The van der Waals surface area contributed by atoms with Gasteiger partial charge in [0.15, 0.2) is 5.11 Å². The number of nitrogens with one attached hydrogen (secondary N) is 1. The van der Waals surface area contributed by atoms with Crippen molar-refractivity contribution in [3.63, 3.8) is 0 Å². The molecular weight excluding hydrogens is 502 g/mol. The van der Waals surface area contributed by atoms with Gasteiger partial charge in [-0.25, -0.2) is 4.79 Å². The van der Waals surface area contributed by atoms with E-state index >= 15 is 0 Å². The zero-order valence-electron chi connectivity index (χ0n) is 21.3. The van der Waals surface area contributed by atoms with Crippen LogP contribution in [0.5, 0.6) is 5.75 Å². The molecule has 1 N–H and O–H groups in total. The molecule has 1 aliphatic rings. The van der Waals surface area contributed by atoms with Crippen LogP contribution in [0.1, 0.15) is 36.2 Å². The summed E-state index contributed by atoms with van der Waals surface area (Å²) in [7, 11) is 0. The van der Waals surface area contributed by atoms with Crippen LogP contribution in [0.3, 0.4) is 0 Å². The van der Waals surface area contributed by atoms with E-state index in [1.54, 1.807) is 60.4 Å². The lowest BCUT2D eigenvalue weighted by molar-refractivity contribution is -0.124. The number of nitrogens with zero attached hydrogens (tertiary/aromatic N) is 2. The molecular formula is C29H29N3O5S. The Kier molecular flexibility index (Phi) is 8.70. The predicted octanol–water partition coefficient (Wildman–Crippen LogP) is 4.79. The molecule has 8 nitrogen and oxygen atoms in total. The summed E-state index contributed by atoms with van der Waals surface area (Å²) in [5.74, 6) is -0.353. The van der Waals surface area contributed by atoms with E-state index in [1.807, 2.05) is 37.3 Å². The molecule has 1 aliphatic heterocycles. The second-order valence-electron chi connectivity index (χ2n) is 8.56. The quantitative estimate of drug-likeness (QED) is 0.297. The summed E-state index contributed by atoms with van der Waals surface area (Å²) in [6, 6.07) is 22.4. The monoisotopic (exact) mass is 531 g/mol. The highest BCUT2D eigenvalue weighted by Gasteiger charge is 2.44. The minimum absolute atomic E-state index is 0.0869. The lowest BCUT2D eigenvalue weighted by Gasteiger charge is -2.24. The van der Waals surface area contributed by atoms with Crippen molar-refractivity contribution in [2.24, 2.45) is 0 Å². The Bertz CT molecular complexity index is 1300. The summed E-state index contributed by atoms with van der Waals surface area (Å²) in [4.78, 5) is 41.9. The first-order chi connectivity index (χ1) is 18.4. The van der Waals surface area contributed by atoms with Gasteiger partial charge in [-0.3, -0.25) is 14.5 Å². The number of carbonyl (C=O) groups excluding carboxylic acids is 3. The fourth-order valence-corrected chi connectivity index (χ4v) is 4.57. The average molecular weight is 532 g/mol. The second-order valence-corrected chi connectivity index (χ2v) is 8.93. The number of hydrogen-bond acceptors (Lipinski definition) is 6. The smallest absolute Gasteiger partial charge is 0.338 e. The summed E-state index contributed by atoms with van der Waals surface area (Å²) in [6.45, 7) is 4.82. The minimum atomic E-state index is -0.796. The summed E-state index contributed by atoms with van der Waals surface area (Å²) < 4.78 is 10.5. The average Bonchev–Trinajstić information content (AvgIpc) is 3.14. The van der Waals surface area contributed by atoms with Gasteiger partial charge in [-0.15, -0.1) is 0 Å². The van der Waals surface area contributed by atoms with E-state index in [2.05, 4.69) is 5.32 Å². The third kappa shape index (κ3) is 6.18. The molecule has 1 heterocycles. The van der Waals surface area contributed by atoms with Crippen molar-refractivity contribution in [2.75, 3.05) is 23.4 Å². The van der Waals surface area contributed by atoms with Crippen molar-refractivity contribution in [1.29, 1.82) is 0 Å². The molecule has 0 spiro atoms. The van der Waals surface area contributed by atoms with Crippen molar-refractivity contribution in [3.05, 3.63) is 90.0 Å². The van der Waals surface area contributed by atoms with Crippen LogP contribution in [0.25, 0.3) is 0 Å². The lowest BCUT2D eigenvalue weighted by atomic mass is 10.1. The summed E-state index contributed by atoms with van der Waals surface area (Å²) in [5.41, 5.74) is 2.45. The Morgan fingerprint density at radius 2 is 1.61 bits per heavy atom. The number of hydrogen-bond donors (Lipinski definition) is 1. The predicted molar refractivity (Wildman–Crippen MR) is 149 cm³/mol. The van der Waals surface area contributed by atoms with Gasteiger partial charge < -0.3 is 19.7 Å². The molecule has 0 saturated carbocycles. The van der Waals surface area contributed by atoms with Crippen molar-refractivity contribution >= 4 is 46.5 Å². The lowest BCUT2D eigenvalue weighted by Crippen LogP contribution is -2.37. The molecule has 9 heteroatoms. The maximum atomic E-state index is 13.7. The summed E-state index contributed by atoms with van der Waals surface area (Å²) in [5, 5.41) is 3.15. The molecule has 0 radical (unpaired) electrons. The fraction of sp³-hybridized carbons (Fsp3) is 0.241. The van der Waals surface area contributed by atoms with Crippen LogP contribution in [0.2, 0.25) is 0 Å². The third-order valence-corrected chi connectivity index (χ3v) is 6.40. The first kappa shape index (κ1) is 26.8. The van der Waals surface area contributed by atoms with Gasteiger partial charge in [0.1, 0.15) is 11.8 Å². The fourth-order valence-electron chi connectivity index (χ4n) is 4.18. The first-order valence-corrected chi connectivity index (χ1v) is 12.8. The summed E-state index contributed by atoms with van der Waals surface area (Å²) >= 11 is 5.74. The zero-order valence-corrected chi connectivity index (χ0v) is 22.1. The van der Waals surface area contributed by atoms with E-state index in [4.69, 9.17) is 21.7 Å². The Morgan fingerprint density at radius 3 is 2.24 bits per heavy atom. The van der Waals surface area contributed by atoms with E-state index in [0.29, 0.717) is 41.0 Å². The van der Waals surface area contributed by atoms with Gasteiger partial charge in [0.05, 0.1) is 30.9 Å². The number of ether oxygens (including phenoxy) is 2. The van der Waals surface area contributed by atoms with Crippen molar-refractivity contribution in [2.45, 2.75) is 32.9 Å². The number of carbonyl (C=O) groups is 3. The largest absolute Gasteiger partial charge is 0.494 e. The highest BCUT2D eigenvalue weighted by atomic mass is 32.1. The normalized spacial score (nSPS) is 14.9. The molecule has 1 fully saturated rings.